The van der Waals surface area contributed by atoms with Crippen LogP contribution in [0.1, 0.15) is 28.8 Å². The highest BCUT2D eigenvalue weighted by Gasteiger charge is 2.25. The van der Waals surface area contributed by atoms with Gasteiger partial charge in [-0.25, -0.2) is 4.39 Å². The lowest BCUT2D eigenvalue weighted by Crippen LogP contribution is -2.27. The van der Waals surface area contributed by atoms with Crippen LogP contribution in [-0.2, 0) is 4.79 Å². The van der Waals surface area contributed by atoms with Crippen LogP contribution in [0.25, 0.3) is 0 Å². The Morgan fingerprint density at radius 1 is 1.22 bits per heavy atom. The van der Waals surface area contributed by atoms with Gasteiger partial charge in [-0.15, -0.1) is 0 Å². The highest BCUT2D eigenvalue weighted by atomic mass is 19.1. The van der Waals surface area contributed by atoms with Gasteiger partial charge in [0.1, 0.15) is 5.82 Å². The van der Waals surface area contributed by atoms with E-state index in [1.807, 2.05) is 0 Å². The standard InChI is InChI=1S/C18H17FN2O2/c1-12-11-13(19)8-9-15(12)20-18(23)14-5-2-3-6-16(14)21-10-4-7-17(21)22/h2-3,5-6,8-9,11H,4,7,10H2,1H3,(H,20,23). The normalized spacial score (nSPS) is 14.2. The van der Waals surface area contributed by atoms with E-state index in [0.29, 0.717) is 35.5 Å². The van der Waals surface area contributed by atoms with E-state index in [9.17, 15) is 14.0 Å². The first-order valence-corrected chi connectivity index (χ1v) is 7.53. The van der Waals surface area contributed by atoms with Gasteiger partial charge in [0.05, 0.1) is 11.3 Å². The third-order valence-electron chi connectivity index (χ3n) is 3.95. The molecule has 1 saturated heterocycles. The molecule has 2 aromatic rings. The number of nitrogens with one attached hydrogen (secondary N) is 1. The Morgan fingerprint density at radius 2 is 2.00 bits per heavy atom. The lowest BCUT2D eigenvalue weighted by molar-refractivity contribution is -0.117. The van der Waals surface area contributed by atoms with Crippen LogP contribution >= 0.6 is 0 Å². The number of hydrogen-bond acceptors (Lipinski definition) is 2. The van der Waals surface area contributed by atoms with Gasteiger partial charge < -0.3 is 10.2 Å². The SMILES string of the molecule is Cc1cc(F)ccc1NC(=O)c1ccccc1N1CCCC1=O. The number of halogens is 1. The van der Waals surface area contributed by atoms with Crippen LogP contribution in [0.3, 0.4) is 0 Å². The van der Waals surface area contributed by atoms with E-state index < -0.39 is 0 Å². The van der Waals surface area contributed by atoms with Crippen molar-refractivity contribution in [2.75, 3.05) is 16.8 Å². The number of hydrogen-bond donors (Lipinski definition) is 1. The number of nitrogens with zero attached hydrogens (tertiary/aromatic N) is 1. The fourth-order valence-electron chi connectivity index (χ4n) is 2.76. The largest absolute Gasteiger partial charge is 0.322 e. The molecular formula is C18H17FN2O2. The Balaban J connectivity index is 1.89. The molecule has 1 N–H and O–H groups in total. The fraction of sp³-hybridized carbons (Fsp3) is 0.222. The Hall–Kier alpha value is -2.69. The molecule has 0 bridgehead atoms. The molecule has 5 heteroatoms. The van der Waals surface area contributed by atoms with Crippen LogP contribution < -0.4 is 10.2 Å². The third kappa shape index (κ3) is 3.08. The van der Waals surface area contributed by atoms with Gasteiger partial charge in [0.2, 0.25) is 5.91 Å². The molecule has 1 fully saturated rings. The molecule has 0 atom stereocenters. The molecule has 4 nitrogen and oxygen atoms in total. The Bertz CT molecular complexity index is 773. The molecule has 23 heavy (non-hydrogen) atoms. The summed E-state index contributed by atoms with van der Waals surface area (Å²) in [6.45, 7) is 2.35. The summed E-state index contributed by atoms with van der Waals surface area (Å²) in [7, 11) is 0. The van der Waals surface area contributed by atoms with Gasteiger partial charge >= 0.3 is 0 Å². The predicted molar refractivity (Wildman–Crippen MR) is 87.1 cm³/mol. The molecule has 0 aliphatic carbocycles. The number of rotatable bonds is 3. The molecule has 0 unspecified atom stereocenters. The number of aryl methyl sites for hydroxylation is 1. The topological polar surface area (TPSA) is 49.4 Å². The van der Waals surface area contributed by atoms with Crippen molar-refractivity contribution < 1.29 is 14.0 Å². The summed E-state index contributed by atoms with van der Waals surface area (Å²) in [6.07, 6.45) is 1.30. The maximum atomic E-state index is 13.2. The Morgan fingerprint density at radius 3 is 2.70 bits per heavy atom. The lowest BCUT2D eigenvalue weighted by atomic mass is 10.1. The number of amides is 2. The van der Waals surface area contributed by atoms with Crippen LogP contribution in [-0.4, -0.2) is 18.4 Å². The van der Waals surface area contributed by atoms with Crippen molar-refractivity contribution in [1.82, 2.24) is 0 Å². The first-order valence-electron chi connectivity index (χ1n) is 7.53. The second-order valence-corrected chi connectivity index (χ2v) is 5.58. The second-order valence-electron chi connectivity index (χ2n) is 5.58. The second kappa shape index (κ2) is 6.20. The van der Waals surface area contributed by atoms with Crippen LogP contribution in [0.2, 0.25) is 0 Å². The van der Waals surface area contributed by atoms with E-state index in [4.69, 9.17) is 0 Å². The van der Waals surface area contributed by atoms with Gasteiger partial charge in [0, 0.05) is 18.7 Å². The number of benzene rings is 2. The van der Waals surface area contributed by atoms with Crippen molar-refractivity contribution in [3.05, 3.63) is 59.4 Å². The minimum Gasteiger partial charge on any atom is -0.322 e. The average molecular weight is 312 g/mol. The monoisotopic (exact) mass is 312 g/mol. The van der Waals surface area contributed by atoms with Crippen molar-refractivity contribution in [3.63, 3.8) is 0 Å². The summed E-state index contributed by atoms with van der Waals surface area (Å²) < 4.78 is 13.2. The van der Waals surface area contributed by atoms with Crippen LogP contribution in [0.15, 0.2) is 42.5 Å². The zero-order valence-corrected chi connectivity index (χ0v) is 12.8. The molecule has 3 rings (SSSR count). The number of para-hydroxylation sites is 1. The van der Waals surface area contributed by atoms with E-state index in [-0.39, 0.29) is 17.6 Å². The summed E-state index contributed by atoms with van der Waals surface area (Å²) in [6, 6.07) is 11.2. The summed E-state index contributed by atoms with van der Waals surface area (Å²) in [5.41, 5.74) is 2.26. The molecule has 0 aromatic heterocycles. The number of anilines is 2. The molecular weight excluding hydrogens is 295 g/mol. The van der Waals surface area contributed by atoms with Gasteiger partial charge in [-0.1, -0.05) is 12.1 Å². The first kappa shape index (κ1) is 15.2. The minimum absolute atomic E-state index is 0.0308. The molecule has 118 valence electrons. The van der Waals surface area contributed by atoms with Crippen molar-refractivity contribution in [1.29, 1.82) is 0 Å². The lowest BCUT2D eigenvalue weighted by Gasteiger charge is -2.19. The maximum absolute atomic E-state index is 13.2. The zero-order valence-electron chi connectivity index (χ0n) is 12.8. The quantitative estimate of drug-likeness (QED) is 0.943. The molecule has 0 saturated carbocycles. The van der Waals surface area contributed by atoms with E-state index in [1.54, 1.807) is 36.1 Å². The molecule has 1 aliphatic heterocycles. The summed E-state index contributed by atoms with van der Waals surface area (Å²) in [5.74, 6) is -0.623. The highest BCUT2D eigenvalue weighted by Crippen LogP contribution is 2.26. The van der Waals surface area contributed by atoms with E-state index >= 15 is 0 Å². The average Bonchev–Trinajstić information content (AvgIpc) is 2.96. The molecule has 0 spiro atoms. The van der Waals surface area contributed by atoms with Gasteiger partial charge in [0.25, 0.3) is 5.91 Å². The van der Waals surface area contributed by atoms with Crippen molar-refractivity contribution in [2.24, 2.45) is 0 Å². The van der Waals surface area contributed by atoms with Crippen molar-refractivity contribution in [3.8, 4) is 0 Å². The van der Waals surface area contributed by atoms with Crippen molar-refractivity contribution in [2.45, 2.75) is 19.8 Å². The van der Waals surface area contributed by atoms with Gasteiger partial charge in [0.15, 0.2) is 0 Å². The van der Waals surface area contributed by atoms with E-state index in [0.717, 1.165) is 6.42 Å². The van der Waals surface area contributed by atoms with E-state index in [2.05, 4.69) is 5.32 Å². The van der Waals surface area contributed by atoms with Gasteiger partial charge in [-0.2, -0.15) is 0 Å². The number of carbonyl (C=O) groups excluding carboxylic acids is 2. The van der Waals surface area contributed by atoms with Crippen LogP contribution in [0.4, 0.5) is 15.8 Å². The first-order chi connectivity index (χ1) is 11.1. The third-order valence-corrected chi connectivity index (χ3v) is 3.95. The zero-order chi connectivity index (χ0) is 16.4. The molecule has 2 amide bonds. The summed E-state index contributed by atoms with van der Waals surface area (Å²) in [4.78, 5) is 26.2. The van der Waals surface area contributed by atoms with Gasteiger partial charge in [-0.3, -0.25) is 9.59 Å². The highest BCUT2D eigenvalue weighted by molar-refractivity contribution is 6.11. The summed E-state index contributed by atoms with van der Waals surface area (Å²) >= 11 is 0. The number of carbonyl (C=O) groups is 2. The Kier molecular flexibility index (Phi) is 4.10. The van der Waals surface area contributed by atoms with Crippen LogP contribution in [0, 0.1) is 12.7 Å². The Labute approximate surface area is 133 Å². The molecule has 1 heterocycles. The van der Waals surface area contributed by atoms with Crippen LogP contribution in [0.5, 0.6) is 0 Å². The smallest absolute Gasteiger partial charge is 0.257 e. The van der Waals surface area contributed by atoms with Gasteiger partial charge in [-0.05, 0) is 49.2 Å². The predicted octanol–water partition coefficient (Wildman–Crippen LogP) is 3.51. The molecule has 1 aliphatic rings. The molecule has 0 radical (unpaired) electrons. The van der Waals surface area contributed by atoms with Crippen molar-refractivity contribution >= 4 is 23.2 Å². The molecule has 2 aromatic carbocycles. The minimum atomic E-state index is -0.344. The fourth-order valence-corrected chi connectivity index (χ4v) is 2.76. The van der Waals surface area contributed by atoms with E-state index in [1.165, 1.54) is 18.2 Å². The summed E-state index contributed by atoms with van der Waals surface area (Å²) in [5, 5.41) is 2.79. The maximum Gasteiger partial charge on any atom is 0.257 e.